The van der Waals surface area contributed by atoms with E-state index in [-0.39, 0.29) is 22.7 Å². The van der Waals surface area contributed by atoms with Crippen molar-refractivity contribution in [2.75, 3.05) is 0 Å². The second-order valence-electron chi connectivity index (χ2n) is 4.30. The molecule has 0 aliphatic heterocycles. The molecule has 0 bridgehead atoms. The second kappa shape index (κ2) is 5.45. The van der Waals surface area contributed by atoms with Gasteiger partial charge in [-0.1, -0.05) is 30.9 Å². The van der Waals surface area contributed by atoms with Crippen molar-refractivity contribution in [1.29, 1.82) is 0 Å². The molecule has 1 aromatic heterocycles. The zero-order chi connectivity index (χ0) is 12.3. The average Bonchev–Trinajstić information content (AvgIpc) is 2.33. The van der Waals surface area contributed by atoms with Crippen LogP contribution in [0.4, 0.5) is 4.39 Å². The average molecular weight is 257 g/mol. The SMILES string of the molecule is O=C(NC1CCCCC1)c1cc(F)cnc1Cl. The summed E-state index contributed by atoms with van der Waals surface area (Å²) in [5.74, 6) is -0.892. The lowest BCUT2D eigenvalue weighted by Gasteiger charge is -2.22. The summed E-state index contributed by atoms with van der Waals surface area (Å²) in [5, 5.41) is 2.91. The summed E-state index contributed by atoms with van der Waals surface area (Å²) in [6.07, 6.45) is 6.42. The quantitative estimate of drug-likeness (QED) is 0.827. The minimum Gasteiger partial charge on any atom is -0.349 e. The molecule has 0 saturated heterocycles. The molecule has 0 aromatic carbocycles. The fraction of sp³-hybridized carbons (Fsp3) is 0.500. The van der Waals surface area contributed by atoms with Crippen LogP contribution in [0.1, 0.15) is 42.5 Å². The predicted octanol–water partition coefficient (Wildman–Crippen LogP) is 2.94. The van der Waals surface area contributed by atoms with Crippen LogP contribution in [-0.2, 0) is 0 Å². The molecule has 5 heteroatoms. The maximum atomic E-state index is 13.0. The minimum absolute atomic E-state index is 0.0414. The van der Waals surface area contributed by atoms with Crippen LogP contribution in [0.25, 0.3) is 0 Å². The van der Waals surface area contributed by atoms with Gasteiger partial charge in [0.25, 0.3) is 5.91 Å². The molecule has 0 unspecified atom stereocenters. The van der Waals surface area contributed by atoms with Gasteiger partial charge in [-0.2, -0.15) is 0 Å². The molecule has 92 valence electrons. The maximum Gasteiger partial charge on any atom is 0.254 e. The number of nitrogens with one attached hydrogen (secondary N) is 1. The molecule has 1 fully saturated rings. The number of pyridine rings is 1. The molecule has 1 saturated carbocycles. The maximum absolute atomic E-state index is 13.0. The van der Waals surface area contributed by atoms with Crippen LogP contribution in [0.15, 0.2) is 12.3 Å². The van der Waals surface area contributed by atoms with E-state index in [1.165, 1.54) is 6.42 Å². The largest absolute Gasteiger partial charge is 0.349 e. The Labute approximate surface area is 104 Å². The molecule has 1 N–H and O–H groups in total. The summed E-state index contributed by atoms with van der Waals surface area (Å²) in [6, 6.07) is 1.30. The normalized spacial score (nSPS) is 16.8. The van der Waals surface area contributed by atoms with Gasteiger partial charge >= 0.3 is 0 Å². The van der Waals surface area contributed by atoms with Gasteiger partial charge in [-0.3, -0.25) is 4.79 Å². The second-order valence-corrected chi connectivity index (χ2v) is 4.66. The molecule has 0 radical (unpaired) electrons. The Morgan fingerprint density at radius 2 is 2.12 bits per heavy atom. The van der Waals surface area contributed by atoms with Gasteiger partial charge in [-0.05, 0) is 18.9 Å². The number of carbonyl (C=O) groups excluding carboxylic acids is 1. The molecule has 2 rings (SSSR count). The van der Waals surface area contributed by atoms with Crippen molar-refractivity contribution in [3.05, 3.63) is 28.8 Å². The third-order valence-corrected chi connectivity index (χ3v) is 3.29. The van der Waals surface area contributed by atoms with Crippen LogP contribution >= 0.6 is 11.6 Å². The lowest BCUT2D eigenvalue weighted by atomic mass is 9.95. The Hall–Kier alpha value is -1.16. The summed E-state index contributed by atoms with van der Waals surface area (Å²) in [5.41, 5.74) is 0.109. The van der Waals surface area contributed by atoms with Crippen molar-refractivity contribution >= 4 is 17.5 Å². The van der Waals surface area contributed by atoms with Gasteiger partial charge in [0.1, 0.15) is 11.0 Å². The topological polar surface area (TPSA) is 42.0 Å². The molecule has 1 heterocycles. The van der Waals surface area contributed by atoms with Gasteiger partial charge in [0.2, 0.25) is 0 Å². The van der Waals surface area contributed by atoms with E-state index >= 15 is 0 Å². The molecular weight excluding hydrogens is 243 g/mol. The van der Waals surface area contributed by atoms with Gasteiger partial charge in [0, 0.05) is 6.04 Å². The number of hydrogen-bond acceptors (Lipinski definition) is 2. The third-order valence-electron chi connectivity index (χ3n) is 2.99. The van der Waals surface area contributed by atoms with E-state index in [0.717, 1.165) is 37.9 Å². The fourth-order valence-corrected chi connectivity index (χ4v) is 2.28. The highest BCUT2D eigenvalue weighted by Gasteiger charge is 2.19. The van der Waals surface area contributed by atoms with Gasteiger partial charge in [-0.15, -0.1) is 0 Å². The highest BCUT2D eigenvalue weighted by atomic mass is 35.5. The summed E-state index contributed by atoms with van der Waals surface area (Å²) in [6.45, 7) is 0. The first-order valence-corrected chi connectivity index (χ1v) is 6.16. The zero-order valence-electron chi connectivity index (χ0n) is 9.38. The van der Waals surface area contributed by atoms with Gasteiger partial charge in [-0.25, -0.2) is 9.37 Å². The summed E-state index contributed by atoms with van der Waals surface area (Å²) >= 11 is 5.77. The first kappa shape index (κ1) is 12.3. The molecule has 1 amide bonds. The molecule has 1 aliphatic carbocycles. The van der Waals surface area contributed by atoms with E-state index in [9.17, 15) is 9.18 Å². The number of rotatable bonds is 2. The van der Waals surface area contributed by atoms with Crippen LogP contribution in [-0.4, -0.2) is 16.9 Å². The van der Waals surface area contributed by atoms with Crippen molar-refractivity contribution < 1.29 is 9.18 Å². The Balaban J connectivity index is 2.05. The third kappa shape index (κ3) is 3.16. The lowest BCUT2D eigenvalue weighted by molar-refractivity contribution is 0.0927. The number of nitrogens with zero attached hydrogens (tertiary/aromatic N) is 1. The summed E-state index contributed by atoms with van der Waals surface area (Å²) < 4.78 is 13.0. The first-order valence-electron chi connectivity index (χ1n) is 5.79. The fourth-order valence-electron chi connectivity index (χ4n) is 2.09. The van der Waals surface area contributed by atoms with Gasteiger partial charge < -0.3 is 5.32 Å². The molecule has 1 aromatic rings. The Bertz CT molecular complexity index is 419. The highest BCUT2D eigenvalue weighted by molar-refractivity contribution is 6.32. The number of hydrogen-bond donors (Lipinski definition) is 1. The Kier molecular flexibility index (Phi) is 3.94. The highest BCUT2D eigenvalue weighted by Crippen LogP contribution is 2.19. The zero-order valence-corrected chi connectivity index (χ0v) is 10.1. The van der Waals surface area contributed by atoms with Crippen LogP contribution in [0, 0.1) is 5.82 Å². The summed E-state index contributed by atoms with van der Waals surface area (Å²) in [7, 11) is 0. The molecule has 1 aliphatic rings. The van der Waals surface area contributed by atoms with E-state index in [1.807, 2.05) is 0 Å². The smallest absolute Gasteiger partial charge is 0.254 e. The molecule has 17 heavy (non-hydrogen) atoms. The number of amides is 1. The minimum atomic E-state index is -0.553. The standard InChI is InChI=1S/C12H14ClFN2O/c13-11-10(6-8(14)7-15-11)12(17)16-9-4-2-1-3-5-9/h6-7,9H,1-5H2,(H,16,17). The number of aromatic nitrogens is 1. The van der Waals surface area contributed by atoms with E-state index in [4.69, 9.17) is 11.6 Å². The molecule has 3 nitrogen and oxygen atoms in total. The first-order chi connectivity index (χ1) is 8.16. The van der Waals surface area contributed by atoms with Crippen molar-refractivity contribution in [2.24, 2.45) is 0 Å². The van der Waals surface area contributed by atoms with Crippen molar-refractivity contribution in [1.82, 2.24) is 10.3 Å². The van der Waals surface area contributed by atoms with E-state index < -0.39 is 5.82 Å². The predicted molar refractivity (Wildman–Crippen MR) is 63.5 cm³/mol. The lowest BCUT2D eigenvalue weighted by Crippen LogP contribution is -2.36. The molecule has 0 atom stereocenters. The Morgan fingerprint density at radius 3 is 2.82 bits per heavy atom. The Morgan fingerprint density at radius 1 is 1.41 bits per heavy atom. The van der Waals surface area contributed by atoms with Gasteiger partial charge in [0.15, 0.2) is 0 Å². The van der Waals surface area contributed by atoms with Crippen molar-refractivity contribution in [3.8, 4) is 0 Å². The van der Waals surface area contributed by atoms with Crippen LogP contribution < -0.4 is 5.32 Å². The van der Waals surface area contributed by atoms with Crippen molar-refractivity contribution in [3.63, 3.8) is 0 Å². The number of halogens is 2. The number of carbonyl (C=O) groups is 1. The van der Waals surface area contributed by atoms with Gasteiger partial charge in [0.05, 0.1) is 11.8 Å². The van der Waals surface area contributed by atoms with Crippen molar-refractivity contribution in [2.45, 2.75) is 38.1 Å². The van der Waals surface area contributed by atoms with E-state index in [1.54, 1.807) is 0 Å². The monoisotopic (exact) mass is 256 g/mol. The van der Waals surface area contributed by atoms with Crippen LogP contribution in [0.2, 0.25) is 5.15 Å². The van der Waals surface area contributed by atoms with E-state index in [0.29, 0.717) is 0 Å². The van der Waals surface area contributed by atoms with Crippen LogP contribution in [0.3, 0.4) is 0 Å². The molecule has 0 spiro atoms. The van der Waals surface area contributed by atoms with Crippen LogP contribution in [0.5, 0.6) is 0 Å². The van der Waals surface area contributed by atoms with E-state index in [2.05, 4.69) is 10.3 Å². The molecular formula is C12H14ClFN2O. The summed E-state index contributed by atoms with van der Waals surface area (Å²) in [4.78, 5) is 15.5.